The molecular weight excluding hydrogens is 384 g/mol. The van der Waals surface area contributed by atoms with Crippen LogP contribution in [0.25, 0.3) is 21.9 Å². The van der Waals surface area contributed by atoms with Crippen LogP contribution in [-0.2, 0) is 6.54 Å². The Morgan fingerprint density at radius 3 is 2.39 bits per heavy atom. The van der Waals surface area contributed by atoms with E-state index in [1.54, 1.807) is 0 Å². The minimum Gasteiger partial charge on any atom is -0.451 e. The summed E-state index contributed by atoms with van der Waals surface area (Å²) in [6, 6.07) is 31.4. The van der Waals surface area contributed by atoms with Crippen molar-refractivity contribution < 1.29 is 9.21 Å². The summed E-state index contributed by atoms with van der Waals surface area (Å²) >= 11 is 0. The molecule has 0 aliphatic carbocycles. The second-order valence-electron chi connectivity index (χ2n) is 7.66. The molecule has 0 spiro atoms. The number of furan rings is 1. The van der Waals surface area contributed by atoms with Crippen LogP contribution in [0.3, 0.4) is 0 Å². The number of para-hydroxylation sites is 2. The lowest BCUT2D eigenvalue weighted by atomic mass is 10.1. The van der Waals surface area contributed by atoms with E-state index in [9.17, 15) is 4.79 Å². The molecule has 0 saturated heterocycles. The molecule has 0 aliphatic rings. The van der Waals surface area contributed by atoms with Crippen molar-refractivity contribution in [2.75, 3.05) is 0 Å². The van der Waals surface area contributed by atoms with Crippen LogP contribution in [0.1, 0.15) is 34.8 Å². The van der Waals surface area contributed by atoms with Gasteiger partial charge in [0.1, 0.15) is 5.58 Å². The maximum atomic E-state index is 13.6. The lowest BCUT2D eigenvalue weighted by Crippen LogP contribution is -2.33. The summed E-state index contributed by atoms with van der Waals surface area (Å²) in [6.07, 6.45) is 0. The molecule has 5 rings (SSSR count). The number of benzene rings is 3. The molecule has 1 amide bonds. The number of amides is 1. The van der Waals surface area contributed by atoms with Crippen molar-refractivity contribution in [3.8, 4) is 0 Å². The van der Waals surface area contributed by atoms with E-state index in [-0.39, 0.29) is 11.9 Å². The van der Waals surface area contributed by atoms with Gasteiger partial charge in [-0.1, -0.05) is 72.8 Å². The highest BCUT2D eigenvalue weighted by Crippen LogP contribution is 2.27. The Kier molecular flexibility index (Phi) is 4.97. The summed E-state index contributed by atoms with van der Waals surface area (Å²) in [7, 11) is 0. The average Bonchev–Trinajstić information content (AvgIpc) is 3.26. The first-order valence-corrected chi connectivity index (χ1v) is 10.4. The molecule has 4 heteroatoms. The van der Waals surface area contributed by atoms with Crippen LogP contribution in [0.5, 0.6) is 0 Å². The van der Waals surface area contributed by atoms with Crippen LogP contribution in [0.2, 0.25) is 0 Å². The standard InChI is InChI=1S/C27H22N2O2/c1-19(20-9-3-2-4-10-20)29(18-23-16-15-21-11-5-7-13-24(21)28-23)27(30)26-17-22-12-6-8-14-25(22)31-26/h2-17,19H,18H2,1H3. The molecule has 2 aromatic heterocycles. The zero-order valence-electron chi connectivity index (χ0n) is 17.2. The Morgan fingerprint density at radius 2 is 1.58 bits per heavy atom. The van der Waals surface area contributed by atoms with E-state index >= 15 is 0 Å². The zero-order chi connectivity index (χ0) is 21.2. The van der Waals surface area contributed by atoms with Gasteiger partial charge in [0.15, 0.2) is 5.76 Å². The number of aromatic nitrogens is 1. The first-order valence-electron chi connectivity index (χ1n) is 10.4. The minimum absolute atomic E-state index is 0.143. The summed E-state index contributed by atoms with van der Waals surface area (Å²) in [4.78, 5) is 20.2. The van der Waals surface area contributed by atoms with Crippen molar-refractivity contribution in [1.29, 1.82) is 0 Å². The monoisotopic (exact) mass is 406 g/mol. The Labute approximate surface area is 180 Å². The second-order valence-corrected chi connectivity index (χ2v) is 7.66. The van der Waals surface area contributed by atoms with Crippen LogP contribution < -0.4 is 0 Å². The van der Waals surface area contributed by atoms with Gasteiger partial charge in [-0.25, -0.2) is 0 Å². The minimum atomic E-state index is -0.150. The molecule has 4 nitrogen and oxygen atoms in total. The maximum absolute atomic E-state index is 13.6. The van der Waals surface area contributed by atoms with E-state index in [1.165, 1.54) is 0 Å². The van der Waals surface area contributed by atoms with E-state index in [4.69, 9.17) is 9.40 Å². The van der Waals surface area contributed by atoms with E-state index in [0.29, 0.717) is 17.9 Å². The highest BCUT2D eigenvalue weighted by atomic mass is 16.3. The van der Waals surface area contributed by atoms with Crippen LogP contribution >= 0.6 is 0 Å². The highest BCUT2D eigenvalue weighted by Gasteiger charge is 2.26. The number of carbonyl (C=O) groups is 1. The van der Waals surface area contributed by atoms with E-state index in [1.807, 2.05) is 103 Å². The van der Waals surface area contributed by atoms with Crippen LogP contribution in [0.4, 0.5) is 0 Å². The molecule has 1 unspecified atom stereocenters. The molecular formula is C27H22N2O2. The van der Waals surface area contributed by atoms with Gasteiger partial charge in [0.2, 0.25) is 0 Å². The van der Waals surface area contributed by atoms with Gasteiger partial charge in [0.25, 0.3) is 5.91 Å². The van der Waals surface area contributed by atoms with Gasteiger partial charge in [-0.3, -0.25) is 9.78 Å². The summed E-state index contributed by atoms with van der Waals surface area (Å²) in [6.45, 7) is 2.42. The number of pyridine rings is 1. The predicted molar refractivity (Wildman–Crippen MR) is 123 cm³/mol. The quantitative estimate of drug-likeness (QED) is 0.340. The number of fused-ring (bicyclic) bond motifs is 2. The molecule has 2 heterocycles. The molecule has 0 radical (unpaired) electrons. The molecule has 3 aromatic carbocycles. The fourth-order valence-electron chi connectivity index (χ4n) is 3.90. The van der Waals surface area contributed by atoms with Crippen molar-refractivity contribution in [3.05, 3.63) is 114 Å². The topological polar surface area (TPSA) is 46.3 Å². The van der Waals surface area contributed by atoms with Gasteiger partial charge in [0, 0.05) is 10.8 Å². The second kappa shape index (κ2) is 8.07. The summed E-state index contributed by atoms with van der Waals surface area (Å²) < 4.78 is 5.89. The van der Waals surface area contributed by atoms with Crippen molar-refractivity contribution in [1.82, 2.24) is 9.88 Å². The van der Waals surface area contributed by atoms with Crippen LogP contribution in [0, 0.1) is 0 Å². The molecule has 0 bridgehead atoms. The van der Waals surface area contributed by atoms with Crippen molar-refractivity contribution >= 4 is 27.8 Å². The third-order valence-corrected chi connectivity index (χ3v) is 5.64. The third-order valence-electron chi connectivity index (χ3n) is 5.64. The number of hydrogen-bond donors (Lipinski definition) is 0. The van der Waals surface area contributed by atoms with Gasteiger partial charge in [-0.05, 0) is 36.8 Å². The van der Waals surface area contributed by atoms with Crippen molar-refractivity contribution in [2.45, 2.75) is 19.5 Å². The Morgan fingerprint density at radius 1 is 0.871 bits per heavy atom. The zero-order valence-corrected chi connectivity index (χ0v) is 17.2. The number of carbonyl (C=O) groups excluding carboxylic acids is 1. The predicted octanol–water partition coefficient (Wildman–Crippen LogP) is 6.38. The number of nitrogens with zero attached hydrogens (tertiary/aromatic N) is 2. The summed E-state index contributed by atoms with van der Waals surface area (Å²) in [5, 5.41) is 2.00. The lowest BCUT2D eigenvalue weighted by Gasteiger charge is -2.29. The van der Waals surface area contributed by atoms with Crippen LogP contribution in [-0.4, -0.2) is 15.8 Å². The fourth-order valence-corrected chi connectivity index (χ4v) is 3.90. The van der Waals surface area contributed by atoms with Crippen molar-refractivity contribution in [2.24, 2.45) is 0 Å². The molecule has 152 valence electrons. The van der Waals surface area contributed by atoms with E-state index < -0.39 is 0 Å². The molecule has 31 heavy (non-hydrogen) atoms. The van der Waals surface area contributed by atoms with Crippen LogP contribution in [0.15, 0.2) is 101 Å². The molecule has 5 aromatic rings. The number of hydrogen-bond acceptors (Lipinski definition) is 3. The lowest BCUT2D eigenvalue weighted by molar-refractivity contribution is 0.0641. The molecule has 0 aliphatic heterocycles. The van der Waals surface area contributed by atoms with E-state index in [2.05, 4.69) is 6.07 Å². The Balaban J connectivity index is 1.53. The van der Waals surface area contributed by atoms with Gasteiger partial charge in [-0.2, -0.15) is 0 Å². The normalized spacial score (nSPS) is 12.2. The molecule has 1 atom stereocenters. The largest absolute Gasteiger partial charge is 0.451 e. The summed E-state index contributed by atoms with van der Waals surface area (Å²) in [5.74, 6) is 0.187. The average molecular weight is 406 g/mol. The van der Waals surface area contributed by atoms with Crippen molar-refractivity contribution in [3.63, 3.8) is 0 Å². The number of rotatable bonds is 5. The smallest absolute Gasteiger partial charge is 0.290 e. The maximum Gasteiger partial charge on any atom is 0.290 e. The van der Waals surface area contributed by atoms with E-state index in [0.717, 1.165) is 27.5 Å². The third kappa shape index (κ3) is 3.80. The molecule has 0 fully saturated rings. The Hall–Kier alpha value is -3.92. The van der Waals surface area contributed by atoms with Gasteiger partial charge in [-0.15, -0.1) is 0 Å². The molecule has 0 saturated carbocycles. The van der Waals surface area contributed by atoms with Gasteiger partial charge in [0.05, 0.1) is 23.8 Å². The fraction of sp³-hybridized carbons (Fsp3) is 0.111. The van der Waals surface area contributed by atoms with Gasteiger partial charge < -0.3 is 9.32 Å². The first-order chi connectivity index (χ1) is 15.2. The first kappa shape index (κ1) is 19.1. The SMILES string of the molecule is CC(c1ccccc1)N(Cc1ccc2ccccc2n1)C(=O)c1cc2ccccc2o1. The Bertz CT molecular complexity index is 1320. The molecule has 0 N–H and O–H groups in total. The highest BCUT2D eigenvalue weighted by molar-refractivity contribution is 5.96. The van der Waals surface area contributed by atoms with Gasteiger partial charge >= 0.3 is 0 Å². The summed E-state index contributed by atoms with van der Waals surface area (Å²) in [5.41, 5.74) is 3.53.